The van der Waals surface area contributed by atoms with Gasteiger partial charge in [-0.25, -0.2) is 4.79 Å². The summed E-state index contributed by atoms with van der Waals surface area (Å²) in [6.07, 6.45) is 1.82. The molecule has 2 amide bonds. The fourth-order valence-electron chi connectivity index (χ4n) is 5.19. The number of ether oxygens (including phenoxy) is 2. The number of carboxylic acids is 1. The number of carboxylic acid groups (broad SMARTS) is 1. The number of benzene rings is 2. The van der Waals surface area contributed by atoms with Crippen LogP contribution in [0.25, 0.3) is 11.1 Å². The zero-order chi connectivity index (χ0) is 24.8. The van der Waals surface area contributed by atoms with Crippen LogP contribution in [-0.2, 0) is 19.1 Å². The molecule has 0 aliphatic heterocycles. The van der Waals surface area contributed by atoms with Crippen LogP contribution in [0.3, 0.4) is 0 Å². The second-order valence-electron chi connectivity index (χ2n) is 9.17. The third-order valence-corrected chi connectivity index (χ3v) is 6.99. The van der Waals surface area contributed by atoms with Crippen molar-refractivity contribution in [3.8, 4) is 11.1 Å². The van der Waals surface area contributed by atoms with E-state index in [0.29, 0.717) is 12.8 Å². The highest BCUT2D eigenvalue weighted by Crippen LogP contribution is 2.44. The predicted molar refractivity (Wildman–Crippen MR) is 130 cm³/mol. The highest BCUT2D eigenvalue weighted by Gasteiger charge is 2.34. The molecule has 0 aromatic heterocycles. The predicted octanol–water partition coefficient (Wildman–Crippen LogP) is 3.69. The molecule has 2 aliphatic carbocycles. The standard InChI is InChI=1S/C27H32N2O6/c1-34-17(14-25(30)31)15-28-26(32)22-12-6-7-13-24(22)29-27(33)35-16-23-20-10-4-2-8-18(20)19-9-3-5-11-21(19)23/h2-5,8-11,17,22-24H,6-7,12-16H2,1H3,(H,28,32)(H,29,33)(H,30,31)/t17?,22-,24+/m0/s1. The second-order valence-corrected chi connectivity index (χ2v) is 9.17. The molecule has 2 aromatic carbocycles. The number of aliphatic carboxylic acids is 1. The second kappa shape index (κ2) is 11.4. The molecule has 1 unspecified atom stereocenters. The highest BCUT2D eigenvalue weighted by molar-refractivity contribution is 5.81. The number of carbonyl (C=O) groups is 3. The zero-order valence-corrected chi connectivity index (χ0v) is 19.9. The molecule has 186 valence electrons. The lowest BCUT2D eigenvalue weighted by Crippen LogP contribution is -2.49. The van der Waals surface area contributed by atoms with E-state index in [-0.39, 0.29) is 37.4 Å². The number of fused-ring (bicyclic) bond motifs is 3. The van der Waals surface area contributed by atoms with Gasteiger partial charge in [-0.05, 0) is 35.1 Å². The van der Waals surface area contributed by atoms with Gasteiger partial charge in [0, 0.05) is 25.6 Å². The molecule has 0 radical (unpaired) electrons. The van der Waals surface area contributed by atoms with Gasteiger partial charge in [0.1, 0.15) is 6.61 Å². The molecule has 35 heavy (non-hydrogen) atoms. The molecule has 3 atom stereocenters. The van der Waals surface area contributed by atoms with Crippen molar-refractivity contribution in [2.45, 2.75) is 50.2 Å². The molecule has 2 aromatic rings. The van der Waals surface area contributed by atoms with Crippen LogP contribution in [0.4, 0.5) is 4.79 Å². The molecule has 0 saturated heterocycles. The average Bonchev–Trinajstić information content (AvgIpc) is 3.19. The largest absolute Gasteiger partial charge is 0.481 e. The van der Waals surface area contributed by atoms with E-state index in [0.717, 1.165) is 24.0 Å². The molecule has 8 nitrogen and oxygen atoms in total. The van der Waals surface area contributed by atoms with E-state index in [4.69, 9.17) is 14.6 Å². The first-order valence-corrected chi connectivity index (χ1v) is 12.1. The Labute approximate surface area is 205 Å². The van der Waals surface area contributed by atoms with Crippen molar-refractivity contribution in [2.24, 2.45) is 5.92 Å². The summed E-state index contributed by atoms with van der Waals surface area (Å²) in [4.78, 5) is 36.5. The van der Waals surface area contributed by atoms with Gasteiger partial charge in [-0.2, -0.15) is 0 Å². The summed E-state index contributed by atoms with van der Waals surface area (Å²) in [5.41, 5.74) is 4.62. The number of nitrogens with one attached hydrogen (secondary N) is 2. The van der Waals surface area contributed by atoms with Gasteiger partial charge in [-0.1, -0.05) is 61.4 Å². The highest BCUT2D eigenvalue weighted by atomic mass is 16.5. The van der Waals surface area contributed by atoms with Crippen molar-refractivity contribution in [1.82, 2.24) is 10.6 Å². The van der Waals surface area contributed by atoms with Crippen LogP contribution < -0.4 is 10.6 Å². The van der Waals surface area contributed by atoms with E-state index in [1.807, 2.05) is 24.3 Å². The molecule has 1 saturated carbocycles. The summed E-state index contributed by atoms with van der Waals surface area (Å²) in [5, 5.41) is 14.7. The maximum absolute atomic E-state index is 12.8. The van der Waals surface area contributed by atoms with Gasteiger partial charge in [-0.15, -0.1) is 0 Å². The van der Waals surface area contributed by atoms with Gasteiger partial charge in [0.25, 0.3) is 0 Å². The van der Waals surface area contributed by atoms with Crippen LogP contribution in [-0.4, -0.2) is 55.5 Å². The summed E-state index contributed by atoms with van der Waals surface area (Å²) in [5.74, 6) is -1.62. The lowest BCUT2D eigenvalue weighted by Gasteiger charge is -2.31. The van der Waals surface area contributed by atoms with E-state index < -0.39 is 24.1 Å². The smallest absolute Gasteiger partial charge is 0.407 e. The first kappa shape index (κ1) is 24.7. The van der Waals surface area contributed by atoms with Crippen molar-refractivity contribution < 1.29 is 29.0 Å². The molecule has 0 spiro atoms. The topological polar surface area (TPSA) is 114 Å². The lowest BCUT2D eigenvalue weighted by molar-refractivity contribution is -0.140. The van der Waals surface area contributed by atoms with E-state index in [9.17, 15) is 14.4 Å². The van der Waals surface area contributed by atoms with Crippen LogP contribution in [0.2, 0.25) is 0 Å². The molecular weight excluding hydrogens is 448 g/mol. The number of rotatable bonds is 9. The monoisotopic (exact) mass is 480 g/mol. The molecule has 0 heterocycles. The Morgan fingerprint density at radius 2 is 1.63 bits per heavy atom. The Morgan fingerprint density at radius 1 is 1.00 bits per heavy atom. The minimum absolute atomic E-state index is 0.0289. The van der Waals surface area contributed by atoms with Crippen LogP contribution in [0.15, 0.2) is 48.5 Å². The van der Waals surface area contributed by atoms with Crippen molar-refractivity contribution in [1.29, 1.82) is 0 Å². The Balaban J connectivity index is 1.34. The van der Waals surface area contributed by atoms with Crippen molar-refractivity contribution in [3.63, 3.8) is 0 Å². The van der Waals surface area contributed by atoms with Crippen molar-refractivity contribution in [2.75, 3.05) is 20.3 Å². The summed E-state index contributed by atoms with van der Waals surface area (Å²) in [6, 6.07) is 16.0. The molecule has 0 bridgehead atoms. The zero-order valence-electron chi connectivity index (χ0n) is 19.9. The van der Waals surface area contributed by atoms with Crippen LogP contribution in [0.1, 0.15) is 49.1 Å². The normalized spacial score (nSPS) is 19.8. The van der Waals surface area contributed by atoms with Gasteiger partial charge >= 0.3 is 12.1 Å². The lowest BCUT2D eigenvalue weighted by atomic mass is 9.84. The number of hydrogen-bond donors (Lipinski definition) is 3. The molecule has 8 heteroatoms. The molecular formula is C27H32N2O6. The van der Waals surface area contributed by atoms with E-state index in [1.54, 1.807) is 0 Å². The third-order valence-electron chi connectivity index (χ3n) is 6.99. The van der Waals surface area contributed by atoms with Crippen molar-refractivity contribution >= 4 is 18.0 Å². The summed E-state index contributed by atoms with van der Waals surface area (Å²) < 4.78 is 10.8. The number of carbonyl (C=O) groups excluding carboxylic acids is 2. The van der Waals surface area contributed by atoms with E-state index >= 15 is 0 Å². The van der Waals surface area contributed by atoms with Crippen molar-refractivity contribution in [3.05, 3.63) is 59.7 Å². The maximum atomic E-state index is 12.8. The summed E-state index contributed by atoms with van der Waals surface area (Å²) in [6.45, 7) is 0.323. The SMILES string of the molecule is COC(CNC(=O)[C@H]1CCCC[C@H]1NC(=O)OCC1c2ccccc2-c2ccccc21)CC(=O)O. The van der Waals surface area contributed by atoms with Gasteiger partial charge in [0.15, 0.2) is 0 Å². The average molecular weight is 481 g/mol. The number of methoxy groups -OCH3 is 1. The minimum atomic E-state index is -0.987. The first-order valence-electron chi connectivity index (χ1n) is 12.1. The maximum Gasteiger partial charge on any atom is 0.407 e. The van der Waals surface area contributed by atoms with E-state index in [2.05, 4.69) is 34.9 Å². The summed E-state index contributed by atoms with van der Waals surface area (Å²) in [7, 11) is 1.42. The van der Waals surface area contributed by atoms with Gasteiger partial charge < -0.3 is 25.2 Å². The molecule has 4 rings (SSSR count). The number of alkyl carbamates (subject to hydrolysis) is 1. The Morgan fingerprint density at radius 3 is 2.26 bits per heavy atom. The third kappa shape index (κ3) is 5.82. The summed E-state index contributed by atoms with van der Waals surface area (Å²) >= 11 is 0. The minimum Gasteiger partial charge on any atom is -0.481 e. The van der Waals surface area contributed by atoms with Crippen LogP contribution >= 0.6 is 0 Å². The quantitative estimate of drug-likeness (QED) is 0.504. The van der Waals surface area contributed by atoms with E-state index in [1.165, 1.54) is 18.2 Å². The van der Waals surface area contributed by atoms with Crippen LogP contribution in [0, 0.1) is 5.92 Å². The molecule has 2 aliphatic rings. The van der Waals surface area contributed by atoms with Gasteiger partial charge in [-0.3, -0.25) is 9.59 Å². The fourth-order valence-corrected chi connectivity index (χ4v) is 5.19. The molecule has 3 N–H and O–H groups in total. The van der Waals surface area contributed by atoms with Gasteiger partial charge in [0.05, 0.1) is 18.4 Å². The number of hydrogen-bond acceptors (Lipinski definition) is 5. The number of amides is 2. The Kier molecular flexibility index (Phi) is 8.02. The van der Waals surface area contributed by atoms with Crippen LogP contribution in [0.5, 0.6) is 0 Å². The first-order chi connectivity index (χ1) is 17.0. The Bertz CT molecular complexity index is 1030. The molecule has 1 fully saturated rings. The fraction of sp³-hybridized carbons (Fsp3) is 0.444. The van der Waals surface area contributed by atoms with Gasteiger partial charge in [0.2, 0.25) is 5.91 Å². The Hall–Kier alpha value is -3.39.